The van der Waals surface area contributed by atoms with Crippen LogP contribution in [0.15, 0.2) is 18.2 Å². The number of carbonyl (C=O) groups excluding carboxylic acids is 2. The van der Waals surface area contributed by atoms with Crippen molar-refractivity contribution >= 4 is 17.6 Å². The van der Waals surface area contributed by atoms with Crippen molar-refractivity contribution in [1.82, 2.24) is 4.90 Å². The number of nitrogens with two attached hydrogens (primary N) is 1. The SMILES string of the molecule is CCOC(=O)CN(C)C(=O)c1cc(N)cc(OCC)c1. The third-order valence-electron chi connectivity index (χ3n) is 2.51. The number of benzene rings is 1. The molecule has 0 aromatic heterocycles. The van der Waals surface area contributed by atoms with E-state index >= 15 is 0 Å². The van der Waals surface area contributed by atoms with Crippen LogP contribution in [0, 0.1) is 0 Å². The first-order valence-corrected chi connectivity index (χ1v) is 6.42. The van der Waals surface area contributed by atoms with Crippen LogP contribution in [0.2, 0.25) is 0 Å². The Morgan fingerprint density at radius 1 is 1.20 bits per heavy atom. The molecule has 0 bridgehead atoms. The van der Waals surface area contributed by atoms with E-state index in [9.17, 15) is 9.59 Å². The van der Waals surface area contributed by atoms with E-state index in [1.54, 1.807) is 25.1 Å². The molecule has 1 rings (SSSR count). The van der Waals surface area contributed by atoms with Crippen LogP contribution >= 0.6 is 0 Å². The van der Waals surface area contributed by atoms with E-state index in [2.05, 4.69) is 0 Å². The largest absolute Gasteiger partial charge is 0.494 e. The summed E-state index contributed by atoms with van der Waals surface area (Å²) in [5.41, 5.74) is 6.54. The van der Waals surface area contributed by atoms with Gasteiger partial charge in [0.15, 0.2) is 0 Å². The van der Waals surface area contributed by atoms with Gasteiger partial charge in [-0.25, -0.2) is 0 Å². The van der Waals surface area contributed by atoms with Crippen molar-refractivity contribution in [2.75, 3.05) is 32.5 Å². The zero-order valence-corrected chi connectivity index (χ0v) is 12.0. The zero-order valence-electron chi connectivity index (χ0n) is 12.0. The molecule has 0 spiro atoms. The third-order valence-corrected chi connectivity index (χ3v) is 2.51. The van der Waals surface area contributed by atoms with Gasteiger partial charge in [0.2, 0.25) is 0 Å². The molecular formula is C14H20N2O4. The molecule has 0 aliphatic heterocycles. The maximum absolute atomic E-state index is 12.2. The number of amides is 1. The van der Waals surface area contributed by atoms with Crippen molar-refractivity contribution < 1.29 is 19.1 Å². The van der Waals surface area contributed by atoms with E-state index in [0.29, 0.717) is 23.6 Å². The molecule has 0 atom stereocenters. The molecule has 2 N–H and O–H groups in total. The number of carbonyl (C=O) groups is 2. The molecule has 0 heterocycles. The van der Waals surface area contributed by atoms with Crippen molar-refractivity contribution in [1.29, 1.82) is 0 Å². The Labute approximate surface area is 118 Å². The Kier molecular flexibility index (Phi) is 5.83. The predicted octanol–water partition coefficient (Wildman–Crippen LogP) is 1.30. The second-order valence-corrected chi connectivity index (χ2v) is 4.19. The minimum atomic E-state index is -0.447. The summed E-state index contributed by atoms with van der Waals surface area (Å²) in [6.45, 7) is 4.22. The lowest BCUT2D eigenvalue weighted by Gasteiger charge is -2.17. The number of anilines is 1. The van der Waals surface area contributed by atoms with Crippen LogP contribution in [0.4, 0.5) is 5.69 Å². The molecule has 0 saturated heterocycles. The highest BCUT2D eigenvalue weighted by Gasteiger charge is 2.16. The van der Waals surface area contributed by atoms with Gasteiger partial charge in [-0.1, -0.05) is 0 Å². The molecular weight excluding hydrogens is 260 g/mol. The van der Waals surface area contributed by atoms with E-state index in [-0.39, 0.29) is 19.1 Å². The fourth-order valence-corrected chi connectivity index (χ4v) is 1.69. The third kappa shape index (κ3) is 4.46. The van der Waals surface area contributed by atoms with Gasteiger partial charge in [-0.15, -0.1) is 0 Å². The fourth-order valence-electron chi connectivity index (χ4n) is 1.69. The summed E-state index contributed by atoms with van der Waals surface area (Å²) in [4.78, 5) is 24.8. The quantitative estimate of drug-likeness (QED) is 0.627. The van der Waals surface area contributed by atoms with Gasteiger partial charge in [-0.2, -0.15) is 0 Å². The summed E-state index contributed by atoms with van der Waals surface area (Å²) in [7, 11) is 1.53. The Balaban J connectivity index is 2.82. The lowest BCUT2D eigenvalue weighted by atomic mass is 10.1. The number of nitrogens with zero attached hydrogens (tertiary/aromatic N) is 1. The molecule has 0 aliphatic rings. The molecule has 1 aromatic carbocycles. The first kappa shape index (κ1) is 15.8. The highest BCUT2D eigenvalue weighted by Crippen LogP contribution is 2.20. The number of ether oxygens (including phenoxy) is 2. The van der Waals surface area contributed by atoms with Gasteiger partial charge in [0, 0.05) is 24.4 Å². The molecule has 6 nitrogen and oxygen atoms in total. The smallest absolute Gasteiger partial charge is 0.325 e. The normalized spacial score (nSPS) is 9.95. The number of likely N-dealkylation sites (N-methyl/N-ethyl adjacent to an activating group) is 1. The van der Waals surface area contributed by atoms with Crippen LogP contribution < -0.4 is 10.5 Å². The monoisotopic (exact) mass is 280 g/mol. The van der Waals surface area contributed by atoms with E-state index in [0.717, 1.165) is 0 Å². The summed E-state index contributed by atoms with van der Waals surface area (Å²) >= 11 is 0. The first-order chi connectivity index (χ1) is 9.47. The van der Waals surface area contributed by atoms with Crippen LogP contribution in [0.1, 0.15) is 24.2 Å². The zero-order chi connectivity index (χ0) is 15.1. The molecule has 0 saturated carbocycles. The van der Waals surface area contributed by atoms with Crippen molar-refractivity contribution in [3.63, 3.8) is 0 Å². The number of esters is 1. The topological polar surface area (TPSA) is 81.9 Å². The number of rotatable bonds is 6. The minimum absolute atomic E-state index is 0.106. The van der Waals surface area contributed by atoms with Gasteiger partial charge in [0.05, 0.1) is 13.2 Å². The van der Waals surface area contributed by atoms with Gasteiger partial charge in [0.25, 0.3) is 5.91 Å². The average Bonchev–Trinajstić information content (AvgIpc) is 2.37. The lowest BCUT2D eigenvalue weighted by molar-refractivity contribution is -0.143. The number of hydrogen-bond donors (Lipinski definition) is 1. The predicted molar refractivity (Wildman–Crippen MR) is 75.6 cm³/mol. The van der Waals surface area contributed by atoms with E-state index in [1.165, 1.54) is 11.9 Å². The summed E-state index contributed by atoms with van der Waals surface area (Å²) < 4.78 is 10.1. The van der Waals surface area contributed by atoms with Crippen LogP contribution in [-0.4, -0.2) is 43.6 Å². The summed E-state index contributed by atoms with van der Waals surface area (Å²) in [6, 6.07) is 4.79. The Morgan fingerprint density at radius 2 is 1.90 bits per heavy atom. The molecule has 110 valence electrons. The fraction of sp³-hybridized carbons (Fsp3) is 0.429. The summed E-state index contributed by atoms with van der Waals surface area (Å²) in [5, 5.41) is 0. The second-order valence-electron chi connectivity index (χ2n) is 4.19. The number of nitrogen functional groups attached to an aromatic ring is 1. The van der Waals surface area contributed by atoms with E-state index < -0.39 is 5.97 Å². The van der Waals surface area contributed by atoms with Gasteiger partial charge in [-0.3, -0.25) is 9.59 Å². The summed E-state index contributed by atoms with van der Waals surface area (Å²) in [6.07, 6.45) is 0. The molecule has 20 heavy (non-hydrogen) atoms. The van der Waals surface area contributed by atoms with Crippen molar-refractivity contribution in [2.45, 2.75) is 13.8 Å². The van der Waals surface area contributed by atoms with E-state index in [1.807, 2.05) is 6.92 Å². The van der Waals surface area contributed by atoms with Crippen molar-refractivity contribution in [3.8, 4) is 5.75 Å². The Hall–Kier alpha value is -2.24. The molecule has 0 fully saturated rings. The Morgan fingerprint density at radius 3 is 2.50 bits per heavy atom. The van der Waals surface area contributed by atoms with Crippen LogP contribution in [0.5, 0.6) is 5.75 Å². The summed E-state index contributed by atoms with van der Waals surface area (Å²) in [5.74, 6) is -0.232. The lowest BCUT2D eigenvalue weighted by Crippen LogP contribution is -2.33. The molecule has 0 radical (unpaired) electrons. The molecule has 1 amide bonds. The van der Waals surface area contributed by atoms with Crippen molar-refractivity contribution in [3.05, 3.63) is 23.8 Å². The standard InChI is InChI=1S/C14H20N2O4/c1-4-19-12-7-10(6-11(15)8-12)14(18)16(3)9-13(17)20-5-2/h6-8H,4-5,9,15H2,1-3H3. The van der Waals surface area contributed by atoms with Crippen LogP contribution in [0.3, 0.4) is 0 Å². The van der Waals surface area contributed by atoms with Crippen LogP contribution in [0.25, 0.3) is 0 Å². The maximum Gasteiger partial charge on any atom is 0.325 e. The average molecular weight is 280 g/mol. The van der Waals surface area contributed by atoms with Crippen LogP contribution in [-0.2, 0) is 9.53 Å². The van der Waals surface area contributed by atoms with Gasteiger partial charge < -0.3 is 20.1 Å². The molecule has 1 aromatic rings. The second kappa shape index (κ2) is 7.37. The van der Waals surface area contributed by atoms with E-state index in [4.69, 9.17) is 15.2 Å². The highest BCUT2D eigenvalue weighted by atomic mass is 16.5. The minimum Gasteiger partial charge on any atom is -0.494 e. The van der Waals surface area contributed by atoms with Gasteiger partial charge >= 0.3 is 5.97 Å². The molecule has 0 aliphatic carbocycles. The number of hydrogen-bond acceptors (Lipinski definition) is 5. The maximum atomic E-state index is 12.2. The van der Waals surface area contributed by atoms with Crippen molar-refractivity contribution in [2.24, 2.45) is 0 Å². The van der Waals surface area contributed by atoms with Gasteiger partial charge in [-0.05, 0) is 26.0 Å². The first-order valence-electron chi connectivity index (χ1n) is 6.42. The molecule has 0 unspecified atom stereocenters. The Bertz CT molecular complexity index is 488. The van der Waals surface area contributed by atoms with Gasteiger partial charge in [0.1, 0.15) is 12.3 Å². The highest BCUT2D eigenvalue weighted by molar-refractivity contribution is 5.97. The molecule has 6 heteroatoms.